The molecule has 1 aliphatic heterocycles. The van der Waals surface area contributed by atoms with E-state index in [2.05, 4.69) is 5.32 Å². The summed E-state index contributed by atoms with van der Waals surface area (Å²) in [6.45, 7) is 4.67. The number of fused-ring (bicyclic) bond motifs is 1. The van der Waals surface area contributed by atoms with Crippen LogP contribution in [0.15, 0.2) is 42.5 Å². The molecule has 0 radical (unpaired) electrons. The largest absolute Gasteiger partial charge is 0.481 e. The van der Waals surface area contributed by atoms with Crippen molar-refractivity contribution in [1.82, 2.24) is 10.2 Å². The number of hydrogen-bond donors (Lipinski definition) is 2. The average molecular weight is 382 g/mol. The van der Waals surface area contributed by atoms with E-state index >= 15 is 0 Å². The van der Waals surface area contributed by atoms with Gasteiger partial charge in [-0.1, -0.05) is 44.2 Å². The smallest absolute Gasteiger partial charge is 0.311 e. The Labute approximate surface area is 164 Å². The lowest BCUT2D eigenvalue weighted by molar-refractivity contribution is -0.151. The number of aliphatic carboxylic acids is 1. The number of hydrogen-bond acceptors (Lipinski definition) is 3. The number of benzene rings is 2. The van der Waals surface area contributed by atoms with E-state index in [0.717, 1.165) is 10.8 Å². The first kappa shape index (κ1) is 19.9. The number of nitrogens with zero attached hydrogens (tertiary/aromatic N) is 1. The Hall–Kier alpha value is -2.89. The molecule has 1 fully saturated rings. The molecule has 0 aromatic heterocycles. The minimum absolute atomic E-state index is 0.0459. The summed E-state index contributed by atoms with van der Waals surface area (Å²) in [5, 5.41) is 14.4. The SMILES string of the molecule is CC(C)C1(C(=O)O)CCN(C(=O)CCNC(=O)c2ccc3ccccc3c2)C1. The summed E-state index contributed by atoms with van der Waals surface area (Å²) in [5.74, 6) is -1.23. The molecule has 0 spiro atoms. The van der Waals surface area contributed by atoms with Gasteiger partial charge < -0.3 is 15.3 Å². The summed E-state index contributed by atoms with van der Waals surface area (Å²) in [4.78, 5) is 38.1. The molecule has 6 heteroatoms. The van der Waals surface area contributed by atoms with Gasteiger partial charge in [-0.3, -0.25) is 14.4 Å². The minimum atomic E-state index is -0.871. The molecule has 6 nitrogen and oxygen atoms in total. The van der Waals surface area contributed by atoms with Crippen molar-refractivity contribution in [1.29, 1.82) is 0 Å². The molecule has 0 aliphatic carbocycles. The quantitative estimate of drug-likeness (QED) is 0.804. The second kappa shape index (κ2) is 8.00. The molecule has 0 bridgehead atoms. The molecular formula is C22H26N2O4. The standard InChI is InChI=1S/C22H26N2O4/c1-15(2)22(21(27)28)10-12-24(14-22)19(25)9-11-23-20(26)18-8-7-16-5-3-4-6-17(16)13-18/h3-8,13,15H,9-12,14H2,1-2H3,(H,23,26)(H,27,28). The van der Waals surface area contributed by atoms with Crippen molar-refractivity contribution in [3.63, 3.8) is 0 Å². The van der Waals surface area contributed by atoms with Crippen LogP contribution >= 0.6 is 0 Å². The van der Waals surface area contributed by atoms with Gasteiger partial charge in [-0.05, 0) is 35.2 Å². The van der Waals surface area contributed by atoms with Crippen LogP contribution in [0.1, 0.15) is 37.0 Å². The van der Waals surface area contributed by atoms with Crippen molar-refractivity contribution in [2.75, 3.05) is 19.6 Å². The number of carbonyl (C=O) groups excluding carboxylic acids is 2. The number of rotatable bonds is 6. The Balaban J connectivity index is 1.53. The maximum absolute atomic E-state index is 12.5. The molecule has 1 unspecified atom stereocenters. The zero-order valence-corrected chi connectivity index (χ0v) is 16.3. The third-order valence-corrected chi connectivity index (χ3v) is 5.82. The van der Waals surface area contributed by atoms with Crippen molar-refractivity contribution >= 4 is 28.6 Å². The summed E-state index contributed by atoms with van der Waals surface area (Å²) < 4.78 is 0. The van der Waals surface area contributed by atoms with Gasteiger partial charge in [-0.15, -0.1) is 0 Å². The number of likely N-dealkylation sites (tertiary alicyclic amines) is 1. The molecule has 2 amide bonds. The first-order valence-electron chi connectivity index (χ1n) is 9.62. The second-order valence-corrected chi connectivity index (χ2v) is 7.75. The van der Waals surface area contributed by atoms with E-state index < -0.39 is 11.4 Å². The highest BCUT2D eigenvalue weighted by atomic mass is 16.4. The number of carbonyl (C=O) groups is 3. The molecule has 2 aromatic carbocycles. The van der Waals surface area contributed by atoms with Crippen LogP contribution in [0, 0.1) is 11.3 Å². The molecule has 1 aliphatic rings. The molecular weight excluding hydrogens is 356 g/mol. The molecule has 0 saturated carbocycles. The maximum Gasteiger partial charge on any atom is 0.311 e. The molecule has 148 valence electrons. The lowest BCUT2D eigenvalue weighted by Gasteiger charge is -2.28. The topological polar surface area (TPSA) is 86.7 Å². The summed E-state index contributed by atoms with van der Waals surface area (Å²) in [5.41, 5.74) is -0.318. The van der Waals surface area contributed by atoms with Crippen molar-refractivity contribution in [2.45, 2.75) is 26.7 Å². The zero-order chi connectivity index (χ0) is 20.3. The molecule has 28 heavy (non-hydrogen) atoms. The van der Waals surface area contributed by atoms with Gasteiger partial charge >= 0.3 is 5.97 Å². The molecule has 2 aromatic rings. The molecule has 1 atom stereocenters. The Morgan fingerprint density at radius 1 is 1.14 bits per heavy atom. The van der Waals surface area contributed by atoms with Gasteiger partial charge in [-0.25, -0.2) is 0 Å². The number of carboxylic acid groups (broad SMARTS) is 1. The predicted molar refractivity (Wildman–Crippen MR) is 107 cm³/mol. The van der Waals surface area contributed by atoms with Crippen LogP contribution in [-0.4, -0.2) is 47.4 Å². The van der Waals surface area contributed by atoms with Gasteiger partial charge in [0.05, 0.1) is 5.41 Å². The van der Waals surface area contributed by atoms with E-state index in [-0.39, 0.29) is 37.2 Å². The third-order valence-electron chi connectivity index (χ3n) is 5.82. The molecule has 2 N–H and O–H groups in total. The van der Waals surface area contributed by atoms with Crippen molar-refractivity contribution in [3.8, 4) is 0 Å². The highest BCUT2D eigenvalue weighted by Gasteiger charge is 2.48. The fourth-order valence-corrected chi connectivity index (χ4v) is 3.81. The Morgan fingerprint density at radius 3 is 2.50 bits per heavy atom. The van der Waals surface area contributed by atoms with Gasteiger partial charge in [0.15, 0.2) is 0 Å². The van der Waals surface area contributed by atoms with Crippen LogP contribution in [0.5, 0.6) is 0 Å². The summed E-state index contributed by atoms with van der Waals surface area (Å²) in [6, 6.07) is 13.3. The van der Waals surface area contributed by atoms with Gasteiger partial charge in [-0.2, -0.15) is 0 Å². The van der Waals surface area contributed by atoms with E-state index in [1.807, 2.05) is 50.2 Å². The first-order chi connectivity index (χ1) is 13.3. The number of amides is 2. The zero-order valence-electron chi connectivity index (χ0n) is 16.3. The van der Waals surface area contributed by atoms with E-state index in [4.69, 9.17) is 0 Å². The molecule has 1 saturated heterocycles. The van der Waals surface area contributed by atoms with Crippen LogP contribution < -0.4 is 5.32 Å². The number of carboxylic acids is 1. The van der Waals surface area contributed by atoms with Crippen LogP contribution in [0.25, 0.3) is 10.8 Å². The lowest BCUT2D eigenvalue weighted by atomic mass is 9.76. The van der Waals surface area contributed by atoms with Crippen molar-refractivity contribution < 1.29 is 19.5 Å². The van der Waals surface area contributed by atoms with E-state index in [1.165, 1.54) is 0 Å². The van der Waals surface area contributed by atoms with Crippen molar-refractivity contribution in [2.24, 2.45) is 11.3 Å². The summed E-state index contributed by atoms with van der Waals surface area (Å²) in [7, 11) is 0. The molecule has 1 heterocycles. The summed E-state index contributed by atoms with van der Waals surface area (Å²) in [6.07, 6.45) is 0.627. The third kappa shape index (κ3) is 3.86. The van der Waals surface area contributed by atoms with Gasteiger partial charge in [0.2, 0.25) is 5.91 Å². The number of nitrogens with one attached hydrogen (secondary N) is 1. The van der Waals surface area contributed by atoms with E-state index in [0.29, 0.717) is 18.5 Å². The maximum atomic E-state index is 12.5. The van der Waals surface area contributed by atoms with Crippen LogP contribution in [0.4, 0.5) is 0 Å². The highest BCUT2D eigenvalue weighted by Crippen LogP contribution is 2.38. The van der Waals surface area contributed by atoms with Crippen LogP contribution in [0.3, 0.4) is 0 Å². The summed E-state index contributed by atoms with van der Waals surface area (Å²) >= 11 is 0. The van der Waals surface area contributed by atoms with Crippen LogP contribution in [-0.2, 0) is 9.59 Å². The van der Waals surface area contributed by atoms with Gasteiger partial charge in [0, 0.05) is 31.6 Å². The Kier molecular flexibility index (Phi) is 5.68. The minimum Gasteiger partial charge on any atom is -0.481 e. The normalized spacial score (nSPS) is 19.2. The predicted octanol–water partition coefficient (Wildman–Crippen LogP) is 2.92. The Morgan fingerprint density at radius 2 is 1.86 bits per heavy atom. The van der Waals surface area contributed by atoms with Crippen molar-refractivity contribution in [3.05, 3.63) is 48.0 Å². The van der Waals surface area contributed by atoms with Crippen LogP contribution in [0.2, 0.25) is 0 Å². The monoisotopic (exact) mass is 382 g/mol. The highest BCUT2D eigenvalue weighted by molar-refractivity contribution is 5.98. The van der Waals surface area contributed by atoms with E-state index in [1.54, 1.807) is 11.0 Å². The lowest BCUT2D eigenvalue weighted by Crippen LogP contribution is -2.41. The van der Waals surface area contributed by atoms with Gasteiger partial charge in [0.25, 0.3) is 5.91 Å². The second-order valence-electron chi connectivity index (χ2n) is 7.75. The fourth-order valence-electron chi connectivity index (χ4n) is 3.81. The average Bonchev–Trinajstić information content (AvgIpc) is 3.14. The fraction of sp³-hybridized carbons (Fsp3) is 0.409. The van der Waals surface area contributed by atoms with E-state index in [9.17, 15) is 19.5 Å². The Bertz CT molecular complexity index is 908. The first-order valence-corrected chi connectivity index (χ1v) is 9.62. The van der Waals surface area contributed by atoms with Gasteiger partial charge in [0.1, 0.15) is 0 Å². The molecule has 3 rings (SSSR count).